The highest BCUT2D eigenvalue weighted by Crippen LogP contribution is 2.37. The van der Waals surface area contributed by atoms with E-state index in [-0.39, 0.29) is 17.5 Å². The SMILES string of the molecule is CCS(=O)(=O)Nc1nc(-c2nc(C)ns2)n2c1[C@@H](C)N(C(=O)c1ccc(F)cc1)CC2. The Labute approximate surface area is 183 Å². The van der Waals surface area contributed by atoms with Gasteiger partial charge in [0.2, 0.25) is 10.0 Å². The molecule has 2 aromatic heterocycles. The normalized spacial score (nSPS) is 16.3. The Morgan fingerprint density at radius 1 is 1.26 bits per heavy atom. The van der Waals surface area contributed by atoms with E-state index in [0.717, 1.165) is 0 Å². The highest BCUT2D eigenvalue weighted by atomic mass is 32.2. The van der Waals surface area contributed by atoms with Crippen LogP contribution in [0, 0.1) is 12.7 Å². The number of aromatic nitrogens is 4. The van der Waals surface area contributed by atoms with Gasteiger partial charge in [0.15, 0.2) is 16.6 Å². The molecular weight excluding hydrogens is 443 g/mol. The number of rotatable bonds is 5. The van der Waals surface area contributed by atoms with Crippen molar-refractivity contribution in [2.24, 2.45) is 0 Å². The summed E-state index contributed by atoms with van der Waals surface area (Å²) in [5.41, 5.74) is 0.929. The molecule has 12 heteroatoms. The molecule has 0 saturated carbocycles. The van der Waals surface area contributed by atoms with Gasteiger partial charge in [-0.25, -0.2) is 22.8 Å². The second-order valence-corrected chi connectivity index (χ2v) is 9.92. The first kappa shape index (κ1) is 21.4. The number of carbonyl (C=O) groups excluding carboxylic acids is 1. The summed E-state index contributed by atoms with van der Waals surface area (Å²) >= 11 is 1.18. The van der Waals surface area contributed by atoms with E-state index in [2.05, 4.69) is 19.1 Å². The largest absolute Gasteiger partial charge is 0.328 e. The molecule has 31 heavy (non-hydrogen) atoms. The maximum Gasteiger partial charge on any atom is 0.254 e. The van der Waals surface area contributed by atoms with Crippen LogP contribution >= 0.6 is 11.5 Å². The number of nitrogens with zero attached hydrogens (tertiary/aromatic N) is 5. The Morgan fingerprint density at radius 2 is 1.97 bits per heavy atom. The molecule has 0 radical (unpaired) electrons. The lowest BCUT2D eigenvalue weighted by Crippen LogP contribution is -2.41. The molecule has 0 unspecified atom stereocenters. The fourth-order valence-corrected chi connectivity index (χ4v) is 4.80. The van der Waals surface area contributed by atoms with Crippen molar-refractivity contribution < 1.29 is 17.6 Å². The smallest absolute Gasteiger partial charge is 0.254 e. The second kappa shape index (κ2) is 8.00. The topological polar surface area (TPSA) is 110 Å². The molecule has 1 atom stereocenters. The van der Waals surface area contributed by atoms with E-state index in [0.29, 0.717) is 41.0 Å². The number of hydrogen-bond donors (Lipinski definition) is 1. The summed E-state index contributed by atoms with van der Waals surface area (Å²) < 4.78 is 46.4. The highest BCUT2D eigenvalue weighted by Gasteiger charge is 2.35. The number of amides is 1. The van der Waals surface area contributed by atoms with Crippen molar-refractivity contribution in [2.75, 3.05) is 17.0 Å². The molecule has 1 aliphatic rings. The van der Waals surface area contributed by atoms with Crippen LogP contribution in [0.1, 0.15) is 41.8 Å². The van der Waals surface area contributed by atoms with Gasteiger partial charge in [-0.05, 0) is 56.6 Å². The Hall–Kier alpha value is -2.86. The summed E-state index contributed by atoms with van der Waals surface area (Å²) in [4.78, 5) is 23.6. The van der Waals surface area contributed by atoms with Gasteiger partial charge in [0.1, 0.15) is 11.6 Å². The first-order chi connectivity index (χ1) is 14.7. The lowest BCUT2D eigenvalue weighted by Gasteiger charge is -2.35. The van der Waals surface area contributed by atoms with Gasteiger partial charge in [-0.1, -0.05) is 0 Å². The van der Waals surface area contributed by atoms with Gasteiger partial charge in [0.25, 0.3) is 5.91 Å². The Kier molecular flexibility index (Phi) is 5.52. The molecule has 0 bridgehead atoms. The molecule has 0 fully saturated rings. The summed E-state index contributed by atoms with van der Waals surface area (Å²) in [6.45, 7) is 5.90. The van der Waals surface area contributed by atoms with Gasteiger partial charge < -0.3 is 9.47 Å². The van der Waals surface area contributed by atoms with Crippen molar-refractivity contribution in [3.63, 3.8) is 0 Å². The quantitative estimate of drug-likeness (QED) is 0.622. The lowest BCUT2D eigenvalue weighted by atomic mass is 10.1. The predicted octanol–water partition coefficient (Wildman–Crippen LogP) is 2.83. The van der Waals surface area contributed by atoms with Crippen LogP contribution in [-0.4, -0.2) is 50.4 Å². The molecule has 0 saturated heterocycles. The van der Waals surface area contributed by atoms with E-state index in [1.807, 2.05) is 11.5 Å². The number of hydrogen-bond acceptors (Lipinski definition) is 7. The lowest BCUT2D eigenvalue weighted by molar-refractivity contribution is 0.0646. The zero-order chi connectivity index (χ0) is 22.3. The van der Waals surface area contributed by atoms with Crippen molar-refractivity contribution in [1.29, 1.82) is 0 Å². The van der Waals surface area contributed by atoms with Gasteiger partial charge in [0.05, 0.1) is 17.5 Å². The number of benzene rings is 1. The molecule has 0 aliphatic carbocycles. The van der Waals surface area contributed by atoms with Crippen LogP contribution < -0.4 is 4.72 Å². The molecule has 4 rings (SSSR count). The van der Waals surface area contributed by atoms with Crippen LogP contribution in [0.25, 0.3) is 10.8 Å². The monoisotopic (exact) mass is 464 g/mol. The van der Waals surface area contributed by atoms with Gasteiger partial charge in [-0.3, -0.25) is 9.52 Å². The van der Waals surface area contributed by atoms with Crippen molar-refractivity contribution in [1.82, 2.24) is 23.8 Å². The third-order valence-electron chi connectivity index (χ3n) is 5.14. The van der Waals surface area contributed by atoms with Crippen LogP contribution in [0.3, 0.4) is 0 Å². The molecule has 3 heterocycles. The van der Waals surface area contributed by atoms with Crippen molar-refractivity contribution in [2.45, 2.75) is 33.4 Å². The molecular formula is C19H21FN6O3S2. The van der Waals surface area contributed by atoms with Gasteiger partial charge in [-0.15, -0.1) is 0 Å². The predicted molar refractivity (Wildman–Crippen MR) is 115 cm³/mol. The third-order valence-corrected chi connectivity index (χ3v) is 7.20. The van der Waals surface area contributed by atoms with Crippen molar-refractivity contribution in [3.8, 4) is 10.8 Å². The Balaban J connectivity index is 1.77. The number of aryl methyl sites for hydroxylation is 1. The summed E-state index contributed by atoms with van der Waals surface area (Å²) in [5.74, 6) is 0.486. The number of fused-ring (bicyclic) bond motifs is 1. The fraction of sp³-hybridized carbons (Fsp3) is 0.368. The number of nitrogens with one attached hydrogen (secondary N) is 1. The van der Waals surface area contributed by atoms with Crippen molar-refractivity contribution >= 4 is 33.3 Å². The summed E-state index contributed by atoms with van der Waals surface area (Å²) in [7, 11) is -3.59. The third kappa shape index (κ3) is 4.04. The minimum absolute atomic E-state index is 0.112. The summed E-state index contributed by atoms with van der Waals surface area (Å²) in [6, 6.07) is 4.88. The summed E-state index contributed by atoms with van der Waals surface area (Å²) in [5, 5.41) is 0.575. The fourth-order valence-electron chi connectivity index (χ4n) is 3.55. The molecule has 3 aromatic rings. The molecule has 1 aliphatic heterocycles. The van der Waals surface area contributed by atoms with E-state index in [1.165, 1.54) is 42.7 Å². The van der Waals surface area contributed by atoms with E-state index in [4.69, 9.17) is 0 Å². The maximum atomic E-state index is 13.3. The minimum Gasteiger partial charge on any atom is -0.328 e. The number of halogens is 1. The number of carbonyl (C=O) groups is 1. The number of imidazole rings is 1. The summed E-state index contributed by atoms with van der Waals surface area (Å²) in [6.07, 6.45) is 0. The highest BCUT2D eigenvalue weighted by molar-refractivity contribution is 7.92. The molecule has 1 amide bonds. The van der Waals surface area contributed by atoms with Crippen LogP contribution in [0.4, 0.5) is 10.2 Å². The first-order valence-corrected chi connectivity index (χ1v) is 12.1. The van der Waals surface area contributed by atoms with Gasteiger partial charge in [0, 0.05) is 18.7 Å². The molecule has 1 aromatic carbocycles. The van der Waals surface area contributed by atoms with E-state index in [9.17, 15) is 17.6 Å². The zero-order valence-electron chi connectivity index (χ0n) is 17.2. The average molecular weight is 465 g/mol. The number of anilines is 1. The van der Waals surface area contributed by atoms with Crippen molar-refractivity contribution in [3.05, 3.63) is 47.2 Å². The maximum absolute atomic E-state index is 13.3. The molecule has 1 N–H and O–H groups in total. The van der Waals surface area contributed by atoms with Gasteiger partial charge >= 0.3 is 0 Å². The minimum atomic E-state index is -3.59. The van der Waals surface area contributed by atoms with Crippen LogP contribution in [0.2, 0.25) is 0 Å². The first-order valence-electron chi connectivity index (χ1n) is 9.68. The van der Waals surface area contributed by atoms with Gasteiger partial charge in [-0.2, -0.15) is 4.37 Å². The zero-order valence-corrected chi connectivity index (χ0v) is 18.8. The number of sulfonamides is 1. The van der Waals surface area contributed by atoms with E-state index in [1.54, 1.807) is 11.8 Å². The standard InChI is InChI=1S/C19H21FN6O3S2/c1-4-31(28,29)24-16-15-11(2)25(19(27)13-5-7-14(20)8-6-13)9-10-26(15)17(22-16)18-21-12(3)23-30-18/h5-8,11,24H,4,9-10H2,1-3H3/t11-/m1/s1. The van der Waals surface area contributed by atoms with Crippen LogP contribution in [-0.2, 0) is 16.6 Å². The van der Waals surface area contributed by atoms with E-state index >= 15 is 0 Å². The average Bonchev–Trinajstić information content (AvgIpc) is 3.32. The van der Waals surface area contributed by atoms with Crippen LogP contribution in [0.5, 0.6) is 0 Å². The second-order valence-electron chi connectivity index (χ2n) is 7.15. The Bertz CT molecular complexity index is 1240. The van der Waals surface area contributed by atoms with E-state index < -0.39 is 21.9 Å². The molecule has 164 valence electrons. The van der Waals surface area contributed by atoms with Crippen LogP contribution in [0.15, 0.2) is 24.3 Å². The Morgan fingerprint density at radius 3 is 2.58 bits per heavy atom. The molecule has 9 nitrogen and oxygen atoms in total. The molecule has 0 spiro atoms.